The number of benzene rings is 2. The van der Waals surface area contributed by atoms with Gasteiger partial charge in [-0.3, -0.25) is 14.5 Å². The zero-order chi connectivity index (χ0) is 21.5. The summed E-state index contributed by atoms with van der Waals surface area (Å²) in [6.45, 7) is 6.01. The summed E-state index contributed by atoms with van der Waals surface area (Å²) < 4.78 is 10.6. The molecule has 0 aliphatic carbocycles. The quantitative estimate of drug-likeness (QED) is 0.483. The molecular formula is C23H24N2O4S. The monoisotopic (exact) mass is 424 g/mol. The van der Waals surface area contributed by atoms with Crippen LogP contribution < -0.4 is 9.64 Å². The first kappa shape index (κ1) is 21.6. The van der Waals surface area contributed by atoms with Crippen LogP contribution in [-0.4, -0.2) is 35.5 Å². The van der Waals surface area contributed by atoms with E-state index in [0.29, 0.717) is 23.2 Å². The number of para-hydroxylation sites is 1. The van der Waals surface area contributed by atoms with Crippen molar-refractivity contribution in [1.29, 1.82) is 0 Å². The van der Waals surface area contributed by atoms with Gasteiger partial charge in [-0.2, -0.15) is 0 Å². The van der Waals surface area contributed by atoms with Gasteiger partial charge in [0.15, 0.2) is 5.17 Å². The first-order chi connectivity index (χ1) is 14.5. The van der Waals surface area contributed by atoms with Crippen molar-refractivity contribution in [2.24, 2.45) is 4.99 Å². The largest absolute Gasteiger partial charge is 0.491 e. The van der Waals surface area contributed by atoms with Crippen molar-refractivity contribution in [2.75, 3.05) is 17.3 Å². The number of esters is 1. The van der Waals surface area contributed by atoms with Gasteiger partial charge in [-0.05, 0) is 56.7 Å². The summed E-state index contributed by atoms with van der Waals surface area (Å²) in [5, 5.41) is 0.449. The zero-order valence-electron chi connectivity index (χ0n) is 17.2. The lowest BCUT2D eigenvalue weighted by atomic mass is 10.2. The Morgan fingerprint density at radius 2 is 1.83 bits per heavy atom. The van der Waals surface area contributed by atoms with Gasteiger partial charge in [-0.15, -0.1) is 0 Å². The number of amidine groups is 1. The van der Waals surface area contributed by atoms with Crippen molar-refractivity contribution in [3.05, 3.63) is 65.9 Å². The fourth-order valence-electron chi connectivity index (χ4n) is 2.80. The average Bonchev–Trinajstić information content (AvgIpc) is 3.03. The molecule has 0 spiro atoms. The number of ether oxygens (including phenoxy) is 2. The van der Waals surface area contributed by atoms with E-state index in [1.807, 2.05) is 68.4 Å². The molecule has 0 bridgehead atoms. The molecule has 1 aliphatic heterocycles. The SMILES string of the molecule is CCOC(=O)CSC1=N/C(=C/c2ccc(OC(C)C)cc2)C(=O)N1c1ccccc1. The average molecular weight is 425 g/mol. The number of thioether (sulfide) groups is 1. The molecule has 2 aromatic rings. The van der Waals surface area contributed by atoms with Crippen LogP contribution in [0.15, 0.2) is 65.3 Å². The Labute approximate surface area is 180 Å². The molecule has 7 heteroatoms. The van der Waals surface area contributed by atoms with Crippen LogP contribution in [-0.2, 0) is 14.3 Å². The van der Waals surface area contributed by atoms with Crippen LogP contribution in [0.2, 0.25) is 0 Å². The third kappa shape index (κ3) is 5.51. The van der Waals surface area contributed by atoms with Gasteiger partial charge in [0.25, 0.3) is 5.91 Å². The normalized spacial score (nSPS) is 14.9. The second-order valence-electron chi connectivity index (χ2n) is 6.73. The molecule has 0 atom stereocenters. The molecular weight excluding hydrogens is 400 g/mol. The number of carbonyl (C=O) groups is 2. The highest BCUT2D eigenvalue weighted by molar-refractivity contribution is 8.14. The molecule has 1 heterocycles. The Morgan fingerprint density at radius 1 is 1.13 bits per heavy atom. The van der Waals surface area contributed by atoms with Gasteiger partial charge in [0, 0.05) is 0 Å². The van der Waals surface area contributed by atoms with E-state index in [1.165, 1.54) is 16.7 Å². The van der Waals surface area contributed by atoms with Gasteiger partial charge in [0.05, 0.1) is 24.2 Å². The summed E-state index contributed by atoms with van der Waals surface area (Å²) in [6.07, 6.45) is 1.82. The summed E-state index contributed by atoms with van der Waals surface area (Å²) in [7, 11) is 0. The maximum atomic E-state index is 13.1. The van der Waals surface area contributed by atoms with Gasteiger partial charge in [-0.25, -0.2) is 4.99 Å². The molecule has 1 amide bonds. The Hall–Kier alpha value is -3.06. The molecule has 0 fully saturated rings. The van der Waals surface area contributed by atoms with Crippen molar-refractivity contribution in [3.63, 3.8) is 0 Å². The van der Waals surface area contributed by atoms with Gasteiger partial charge < -0.3 is 9.47 Å². The molecule has 3 rings (SSSR count). The molecule has 0 saturated heterocycles. The fourth-order valence-corrected chi connectivity index (χ4v) is 3.61. The first-order valence-corrected chi connectivity index (χ1v) is 10.7. The van der Waals surface area contributed by atoms with Crippen LogP contribution >= 0.6 is 11.8 Å². The first-order valence-electron chi connectivity index (χ1n) is 9.73. The highest BCUT2D eigenvalue weighted by atomic mass is 32.2. The van der Waals surface area contributed by atoms with Crippen LogP contribution in [0.25, 0.3) is 6.08 Å². The summed E-state index contributed by atoms with van der Waals surface area (Å²) >= 11 is 1.18. The summed E-state index contributed by atoms with van der Waals surface area (Å²) in [4.78, 5) is 30.9. The number of hydrogen-bond acceptors (Lipinski definition) is 6. The standard InChI is InChI=1S/C23H24N2O4S/c1-4-28-21(26)15-30-23-24-20(22(27)25(23)18-8-6-5-7-9-18)14-17-10-12-19(13-11-17)29-16(2)3/h5-14,16H,4,15H2,1-3H3/b20-14+. The number of carbonyl (C=O) groups excluding carboxylic acids is 2. The molecule has 0 saturated carbocycles. The Bertz CT molecular complexity index is 953. The summed E-state index contributed by atoms with van der Waals surface area (Å²) in [5.74, 6) is 0.265. The van der Waals surface area contributed by atoms with E-state index < -0.39 is 0 Å². The fraction of sp³-hybridized carbons (Fsp3) is 0.261. The van der Waals surface area contributed by atoms with Gasteiger partial charge in [0.1, 0.15) is 11.4 Å². The van der Waals surface area contributed by atoms with Crippen LogP contribution in [0.3, 0.4) is 0 Å². The van der Waals surface area contributed by atoms with Crippen molar-refractivity contribution in [2.45, 2.75) is 26.9 Å². The van der Waals surface area contributed by atoms with E-state index in [-0.39, 0.29) is 23.7 Å². The number of anilines is 1. The van der Waals surface area contributed by atoms with E-state index in [9.17, 15) is 9.59 Å². The maximum Gasteiger partial charge on any atom is 0.316 e. The molecule has 0 N–H and O–H groups in total. The smallest absolute Gasteiger partial charge is 0.316 e. The van der Waals surface area contributed by atoms with E-state index in [0.717, 1.165) is 11.3 Å². The highest BCUT2D eigenvalue weighted by Crippen LogP contribution is 2.29. The second kappa shape index (κ2) is 10.1. The molecule has 0 unspecified atom stereocenters. The number of hydrogen-bond donors (Lipinski definition) is 0. The number of rotatable bonds is 7. The van der Waals surface area contributed by atoms with Crippen LogP contribution in [0.5, 0.6) is 5.75 Å². The maximum absolute atomic E-state index is 13.1. The Morgan fingerprint density at radius 3 is 2.47 bits per heavy atom. The van der Waals surface area contributed by atoms with Gasteiger partial charge >= 0.3 is 5.97 Å². The topological polar surface area (TPSA) is 68.2 Å². The lowest BCUT2D eigenvalue weighted by Gasteiger charge is -2.17. The van der Waals surface area contributed by atoms with E-state index in [1.54, 1.807) is 13.0 Å². The Balaban J connectivity index is 1.85. The van der Waals surface area contributed by atoms with Crippen LogP contribution in [0, 0.1) is 0 Å². The minimum absolute atomic E-state index is 0.0812. The molecule has 1 aliphatic rings. The van der Waals surface area contributed by atoms with Crippen molar-refractivity contribution in [3.8, 4) is 5.75 Å². The summed E-state index contributed by atoms with van der Waals surface area (Å²) in [5.41, 5.74) is 1.84. The lowest BCUT2D eigenvalue weighted by molar-refractivity contribution is -0.139. The predicted molar refractivity (Wildman–Crippen MR) is 121 cm³/mol. The summed E-state index contributed by atoms with van der Waals surface area (Å²) in [6, 6.07) is 16.7. The number of nitrogens with zero attached hydrogens (tertiary/aromatic N) is 2. The van der Waals surface area contributed by atoms with Gasteiger partial charge in [-0.1, -0.05) is 42.1 Å². The molecule has 6 nitrogen and oxygen atoms in total. The van der Waals surface area contributed by atoms with Crippen molar-refractivity contribution < 1.29 is 19.1 Å². The van der Waals surface area contributed by atoms with E-state index in [2.05, 4.69) is 4.99 Å². The zero-order valence-corrected chi connectivity index (χ0v) is 18.0. The molecule has 2 aromatic carbocycles. The van der Waals surface area contributed by atoms with Crippen molar-refractivity contribution in [1.82, 2.24) is 0 Å². The van der Waals surface area contributed by atoms with E-state index >= 15 is 0 Å². The Kier molecular flexibility index (Phi) is 7.30. The third-order valence-electron chi connectivity index (χ3n) is 4.02. The predicted octanol–water partition coefficient (Wildman–Crippen LogP) is 4.51. The molecule has 156 valence electrons. The minimum Gasteiger partial charge on any atom is -0.491 e. The van der Waals surface area contributed by atoms with Crippen molar-refractivity contribution >= 4 is 40.6 Å². The number of aliphatic imine (C=N–C) groups is 1. The molecule has 0 aromatic heterocycles. The highest BCUT2D eigenvalue weighted by Gasteiger charge is 2.32. The van der Waals surface area contributed by atoms with Gasteiger partial charge in [0.2, 0.25) is 0 Å². The van der Waals surface area contributed by atoms with Crippen LogP contribution in [0.1, 0.15) is 26.3 Å². The number of amides is 1. The molecule has 0 radical (unpaired) electrons. The second-order valence-corrected chi connectivity index (χ2v) is 7.67. The third-order valence-corrected chi connectivity index (χ3v) is 4.94. The van der Waals surface area contributed by atoms with E-state index in [4.69, 9.17) is 9.47 Å². The molecule has 30 heavy (non-hydrogen) atoms. The van der Waals surface area contributed by atoms with Crippen LogP contribution in [0.4, 0.5) is 5.69 Å². The minimum atomic E-state index is -0.344. The lowest BCUT2D eigenvalue weighted by Crippen LogP contribution is -2.30.